The van der Waals surface area contributed by atoms with Crippen molar-refractivity contribution in [2.75, 3.05) is 24.5 Å². The second-order valence-corrected chi connectivity index (χ2v) is 5.65. The second-order valence-electron chi connectivity index (χ2n) is 5.65. The highest BCUT2D eigenvalue weighted by atomic mass is 16.3. The molecule has 0 atom stereocenters. The lowest BCUT2D eigenvalue weighted by atomic mass is 9.97. The maximum Gasteiger partial charge on any atom is 0.254 e. The Balaban J connectivity index is 1.47. The molecule has 0 unspecified atom stereocenters. The van der Waals surface area contributed by atoms with E-state index in [9.17, 15) is 4.79 Å². The van der Waals surface area contributed by atoms with Gasteiger partial charge in [0.25, 0.3) is 5.91 Å². The fourth-order valence-corrected chi connectivity index (χ4v) is 2.66. The topological polar surface area (TPSA) is 71.3 Å². The molecule has 0 saturated carbocycles. The Morgan fingerprint density at radius 3 is 2.91 bits per heavy atom. The number of aromatic nitrogens is 2. The lowest BCUT2D eigenvalue weighted by molar-refractivity contribution is 0.0944. The minimum Gasteiger partial charge on any atom is -0.472 e. The number of carbonyl (C=O) groups is 1. The Bertz CT molecular complexity index is 619. The number of hydrogen-bond donors (Lipinski definition) is 1. The summed E-state index contributed by atoms with van der Waals surface area (Å²) in [5.41, 5.74) is 1.56. The van der Waals surface area contributed by atoms with E-state index in [2.05, 4.69) is 20.2 Å². The first-order chi connectivity index (χ1) is 10.7. The number of nitrogens with one attached hydrogen (secondary N) is 1. The van der Waals surface area contributed by atoms with Gasteiger partial charge in [0.05, 0.1) is 11.8 Å². The number of nitrogens with zero attached hydrogens (tertiary/aromatic N) is 3. The largest absolute Gasteiger partial charge is 0.472 e. The zero-order chi connectivity index (χ0) is 15.4. The van der Waals surface area contributed by atoms with E-state index in [1.807, 2.05) is 13.0 Å². The average molecular weight is 300 g/mol. The van der Waals surface area contributed by atoms with Gasteiger partial charge in [-0.2, -0.15) is 0 Å². The molecule has 1 saturated heterocycles. The Morgan fingerprint density at radius 2 is 2.23 bits per heavy atom. The molecule has 0 spiro atoms. The third-order valence-electron chi connectivity index (χ3n) is 4.01. The first-order valence-electron chi connectivity index (χ1n) is 7.57. The van der Waals surface area contributed by atoms with Gasteiger partial charge in [0.15, 0.2) is 0 Å². The van der Waals surface area contributed by atoms with Gasteiger partial charge in [-0.1, -0.05) is 0 Å². The number of carbonyl (C=O) groups excluding carboxylic acids is 1. The summed E-state index contributed by atoms with van der Waals surface area (Å²) in [4.78, 5) is 22.9. The van der Waals surface area contributed by atoms with E-state index < -0.39 is 0 Å². The summed E-state index contributed by atoms with van der Waals surface area (Å²) in [5.74, 6) is 1.23. The van der Waals surface area contributed by atoms with Crippen molar-refractivity contribution in [1.82, 2.24) is 15.3 Å². The fraction of sp³-hybridized carbons (Fsp3) is 0.438. The molecule has 3 heterocycles. The van der Waals surface area contributed by atoms with Gasteiger partial charge >= 0.3 is 0 Å². The molecule has 1 N–H and O–H groups in total. The van der Waals surface area contributed by atoms with E-state index >= 15 is 0 Å². The molecule has 0 aromatic carbocycles. The fourth-order valence-electron chi connectivity index (χ4n) is 2.66. The van der Waals surface area contributed by atoms with Crippen LogP contribution in [0, 0.1) is 12.8 Å². The maximum atomic E-state index is 11.9. The van der Waals surface area contributed by atoms with Crippen molar-refractivity contribution < 1.29 is 9.21 Å². The summed E-state index contributed by atoms with van der Waals surface area (Å²) < 4.78 is 4.92. The first-order valence-corrected chi connectivity index (χ1v) is 7.57. The zero-order valence-corrected chi connectivity index (χ0v) is 12.7. The molecule has 3 rings (SSSR count). The molecule has 2 aromatic rings. The molecular weight excluding hydrogens is 280 g/mol. The van der Waals surface area contributed by atoms with Gasteiger partial charge < -0.3 is 14.6 Å². The van der Waals surface area contributed by atoms with E-state index in [1.54, 1.807) is 12.3 Å². The predicted octanol–water partition coefficient (Wildman–Crippen LogP) is 2.02. The van der Waals surface area contributed by atoms with Crippen LogP contribution in [0.25, 0.3) is 0 Å². The minimum atomic E-state index is -0.0711. The maximum absolute atomic E-state index is 11.9. The monoisotopic (exact) mass is 300 g/mol. The van der Waals surface area contributed by atoms with Crippen LogP contribution in [0.4, 0.5) is 5.95 Å². The molecule has 1 aliphatic rings. The molecule has 1 amide bonds. The third-order valence-corrected chi connectivity index (χ3v) is 4.01. The molecule has 6 heteroatoms. The SMILES string of the molecule is Cc1ccnc(N2CCC(CNC(=O)c3ccoc3)CC2)n1. The molecule has 1 aliphatic heterocycles. The van der Waals surface area contributed by atoms with Crippen LogP contribution in [0.5, 0.6) is 0 Å². The standard InChI is InChI=1S/C16H20N4O2/c1-12-2-6-17-16(19-12)20-7-3-13(4-8-20)10-18-15(21)14-5-9-22-11-14/h2,5-6,9,11,13H,3-4,7-8,10H2,1H3,(H,18,21). The van der Waals surface area contributed by atoms with Gasteiger partial charge in [0.2, 0.25) is 5.95 Å². The van der Waals surface area contributed by atoms with E-state index in [4.69, 9.17) is 4.42 Å². The number of amides is 1. The number of hydrogen-bond acceptors (Lipinski definition) is 5. The highest BCUT2D eigenvalue weighted by Gasteiger charge is 2.21. The van der Waals surface area contributed by atoms with Crippen molar-refractivity contribution in [2.24, 2.45) is 5.92 Å². The van der Waals surface area contributed by atoms with Crippen molar-refractivity contribution in [1.29, 1.82) is 0 Å². The lowest BCUT2D eigenvalue weighted by Crippen LogP contribution is -2.39. The van der Waals surface area contributed by atoms with Crippen molar-refractivity contribution in [3.8, 4) is 0 Å². The lowest BCUT2D eigenvalue weighted by Gasteiger charge is -2.32. The Morgan fingerprint density at radius 1 is 1.41 bits per heavy atom. The molecule has 0 bridgehead atoms. The van der Waals surface area contributed by atoms with Crippen LogP contribution in [-0.4, -0.2) is 35.5 Å². The van der Waals surface area contributed by atoms with Crippen molar-refractivity contribution in [2.45, 2.75) is 19.8 Å². The Labute approximate surface area is 129 Å². The van der Waals surface area contributed by atoms with Gasteiger partial charge in [0, 0.05) is 31.5 Å². The summed E-state index contributed by atoms with van der Waals surface area (Å²) >= 11 is 0. The van der Waals surface area contributed by atoms with Crippen molar-refractivity contribution in [3.05, 3.63) is 42.1 Å². The molecule has 1 fully saturated rings. The zero-order valence-electron chi connectivity index (χ0n) is 12.7. The molecule has 22 heavy (non-hydrogen) atoms. The first kappa shape index (κ1) is 14.6. The molecule has 6 nitrogen and oxygen atoms in total. The smallest absolute Gasteiger partial charge is 0.254 e. The second kappa shape index (κ2) is 6.60. The number of aryl methyl sites for hydroxylation is 1. The van der Waals surface area contributed by atoms with Gasteiger partial charge in [-0.25, -0.2) is 9.97 Å². The summed E-state index contributed by atoms with van der Waals surface area (Å²) in [6.45, 7) is 4.53. The van der Waals surface area contributed by atoms with Crippen LogP contribution in [0.3, 0.4) is 0 Å². The molecule has 0 aliphatic carbocycles. The van der Waals surface area contributed by atoms with Crippen LogP contribution < -0.4 is 10.2 Å². The summed E-state index contributed by atoms with van der Waals surface area (Å²) in [5, 5.41) is 2.97. The summed E-state index contributed by atoms with van der Waals surface area (Å²) in [6, 6.07) is 3.58. The Hall–Kier alpha value is -2.37. The predicted molar refractivity (Wildman–Crippen MR) is 82.7 cm³/mol. The minimum absolute atomic E-state index is 0.0711. The van der Waals surface area contributed by atoms with Gasteiger partial charge in [0.1, 0.15) is 6.26 Å². The van der Waals surface area contributed by atoms with Crippen molar-refractivity contribution >= 4 is 11.9 Å². The van der Waals surface area contributed by atoms with E-state index in [0.717, 1.165) is 37.6 Å². The highest BCUT2D eigenvalue weighted by Crippen LogP contribution is 2.20. The van der Waals surface area contributed by atoms with Crippen molar-refractivity contribution in [3.63, 3.8) is 0 Å². The summed E-state index contributed by atoms with van der Waals surface area (Å²) in [7, 11) is 0. The van der Waals surface area contributed by atoms with Gasteiger partial charge in [-0.05, 0) is 37.8 Å². The van der Waals surface area contributed by atoms with Crippen LogP contribution in [0.15, 0.2) is 35.3 Å². The molecule has 116 valence electrons. The van der Waals surface area contributed by atoms with Gasteiger partial charge in [-0.3, -0.25) is 4.79 Å². The third kappa shape index (κ3) is 3.44. The van der Waals surface area contributed by atoms with E-state index in [-0.39, 0.29) is 5.91 Å². The van der Waals surface area contributed by atoms with Crippen LogP contribution in [0.1, 0.15) is 28.9 Å². The normalized spacial score (nSPS) is 15.8. The molecule has 0 radical (unpaired) electrons. The number of rotatable bonds is 4. The summed E-state index contributed by atoms with van der Waals surface area (Å²) in [6.07, 6.45) is 6.84. The van der Waals surface area contributed by atoms with E-state index in [1.165, 1.54) is 12.5 Å². The van der Waals surface area contributed by atoms with Gasteiger partial charge in [-0.15, -0.1) is 0 Å². The molecular formula is C16H20N4O2. The Kier molecular flexibility index (Phi) is 4.37. The quantitative estimate of drug-likeness (QED) is 0.935. The average Bonchev–Trinajstić information content (AvgIpc) is 3.08. The van der Waals surface area contributed by atoms with Crippen LogP contribution in [0.2, 0.25) is 0 Å². The van der Waals surface area contributed by atoms with Crippen LogP contribution in [-0.2, 0) is 0 Å². The number of piperidine rings is 1. The number of furan rings is 1. The highest BCUT2D eigenvalue weighted by molar-refractivity contribution is 5.93. The van der Waals surface area contributed by atoms with Crippen LogP contribution >= 0.6 is 0 Å². The van der Waals surface area contributed by atoms with E-state index in [0.29, 0.717) is 18.0 Å². The molecule has 2 aromatic heterocycles. The number of anilines is 1.